The molecule has 0 aliphatic carbocycles. The van der Waals surface area contributed by atoms with Crippen LogP contribution in [-0.4, -0.2) is 33.4 Å². The molecule has 2 N–H and O–H groups in total. The molecule has 0 fully saturated rings. The van der Waals surface area contributed by atoms with Gasteiger partial charge in [0, 0.05) is 24.6 Å². The molecule has 0 radical (unpaired) electrons. The Balaban J connectivity index is 2.86. The van der Waals surface area contributed by atoms with Crippen LogP contribution in [0.4, 0.5) is 4.39 Å². The van der Waals surface area contributed by atoms with E-state index in [-0.39, 0.29) is 29.9 Å². The average molecular weight is 480 g/mol. The summed E-state index contributed by atoms with van der Waals surface area (Å²) in [5.41, 5.74) is -1.32. The van der Waals surface area contributed by atoms with Crippen molar-refractivity contribution in [2.45, 2.75) is 70.1 Å². The smallest absolute Gasteiger partial charge is 0.322 e. The van der Waals surface area contributed by atoms with Crippen LogP contribution in [0.5, 0.6) is 0 Å². The first kappa shape index (κ1) is 27.2. The number of hydrogen-bond donors (Lipinski definition) is 2. The molecule has 2 aromatic rings. The molecule has 1 aromatic carbocycles. The van der Waals surface area contributed by atoms with Gasteiger partial charge in [-0.3, -0.25) is 14.3 Å². The number of carboxylic acids is 1. The van der Waals surface area contributed by atoms with Gasteiger partial charge >= 0.3 is 5.97 Å². The fourth-order valence-electron chi connectivity index (χ4n) is 3.97. The van der Waals surface area contributed by atoms with Crippen LogP contribution in [0.15, 0.2) is 42.5 Å². The predicted molar refractivity (Wildman–Crippen MR) is 127 cm³/mol. The molecule has 0 aliphatic rings. The molecule has 0 saturated heterocycles. The number of halogens is 1. The Morgan fingerprint density at radius 3 is 2.18 bits per heavy atom. The van der Waals surface area contributed by atoms with Crippen LogP contribution in [0.2, 0.25) is 0 Å². The van der Waals surface area contributed by atoms with Crippen molar-refractivity contribution >= 4 is 14.0 Å². The highest BCUT2D eigenvalue weighted by molar-refractivity contribution is 7.42. The minimum Gasteiger partial charge on any atom is -0.480 e. The number of rotatable bonds is 10. The van der Waals surface area contributed by atoms with Crippen LogP contribution in [-0.2, 0) is 31.3 Å². The molecule has 1 heterocycles. The first-order valence-electron chi connectivity index (χ1n) is 11.0. The molecule has 0 spiro atoms. The van der Waals surface area contributed by atoms with Crippen LogP contribution in [0.25, 0.3) is 0 Å². The number of aliphatic hydroxyl groups is 1. The number of benzene rings is 1. The van der Waals surface area contributed by atoms with Gasteiger partial charge in [-0.25, -0.2) is 4.39 Å². The van der Waals surface area contributed by atoms with E-state index in [0.717, 1.165) is 0 Å². The summed E-state index contributed by atoms with van der Waals surface area (Å²) < 4.78 is 32.1. The van der Waals surface area contributed by atoms with E-state index in [1.54, 1.807) is 18.2 Å². The van der Waals surface area contributed by atoms with Gasteiger partial charge in [0.2, 0.25) is 8.03 Å². The summed E-state index contributed by atoms with van der Waals surface area (Å²) in [4.78, 5) is 17.5. The Hall–Kier alpha value is -2.08. The Morgan fingerprint density at radius 2 is 1.70 bits per heavy atom. The normalized spacial score (nSPS) is 16.8. The number of carboxylic acid groups (broad SMARTS) is 1. The third-order valence-corrected chi connectivity index (χ3v) is 7.96. The molecule has 0 amide bonds. The van der Waals surface area contributed by atoms with E-state index in [9.17, 15) is 24.0 Å². The summed E-state index contributed by atoms with van der Waals surface area (Å²) in [6.45, 7) is 9.72. The lowest BCUT2D eigenvalue weighted by Crippen LogP contribution is -2.57. The molecular formula is C25H35FNO5P. The maximum atomic E-state index is 13.5. The van der Waals surface area contributed by atoms with E-state index in [1.165, 1.54) is 31.4 Å². The molecule has 33 heavy (non-hydrogen) atoms. The summed E-state index contributed by atoms with van der Waals surface area (Å²) in [5.74, 6) is -1.77. The number of nitrogens with zero attached hydrogens (tertiary/aromatic N) is 1. The number of aliphatic carboxylic acids is 1. The van der Waals surface area contributed by atoms with Gasteiger partial charge in [-0.05, 0) is 48.6 Å². The highest BCUT2D eigenvalue weighted by Crippen LogP contribution is 2.55. The quantitative estimate of drug-likeness (QED) is 0.447. The summed E-state index contributed by atoms with van der Waals surface area (Å²) >= 11 is 0. The van der Waals surface area contributed by atoms with Gasteiger partial charge in [0.05, 0.1) is 5.69 Å². The Labute approximate surface area is 196 Å². The fourth-order valence-corrected chi connectivity index (χ4v) is 5.39. The lowest BCUT2D eigenvalue weighted by atomic mass is 9.75. The summed E-state index contributed by atoms with van der Waals surface area (Å²) in [7, 11) is -2.13. The van der Waals surface area contributed by atoms with E-state index >= 15 is 0 Å². The number of carbonyl (C=O) groups is 1. The molecule has 3 atom stereocenters. The van der Waals surface area contributed by atoms with Crippen molar-refractivity contribution in [3.8, 4) is 0 Å². The molecule has 6 nitrogen and oxygen atoms in total. The molecule has 3 unspecified atom stereocenters. The molecule has 1 aromatic heterocycles. The van der Waals surface area contributed by atoms with E-state index < -0.39 is 30.6 Å². The number of pyridine rings is 1. The molecule has 8 heteroatoms. The monoisotopic (exact) mass is 479 g/mol. The minimum absolute atomic E-state index is 0.0786. The van der Waals surface area contributed by atoms with Crippen molar-refractivity contribution < 1.29 is 28.5 Å². The van der Waals surface area contributed by atoms with Gasteiger partial charge in [0.1, 0.15) is 11.4 Å². The molecule has 0 bridgehead atoms. The zero-order chi connectivity index (χ0) is 25.0. The van der Waals surface area contributed by atoms with Crippen LogP contribution in [0.1, 0.15) is 64.4 Å². The summed E-state index contributed by atoms with van der Waals surface area (Å²) in [6, 6.07) is 10.5. The zero-order valence-corrected chi connectivity index (χ0v) is 21.2. The van der Waals surface area contributed by atoms with E-state index in [0.29, 0.717) is 17.7 Å². The van der Waals surface area contributed by atoms with Crippen LogP contribution >= 0.6 is 8.03 Å². The summed E-state index contributed by atoms with van der Waals surface area (Å²) in [5, 5.41) is 20.6. The van der Waals surface area contributed by atoms with Crippen molar-refractivity contribution in [1.29, 1.82) is 0 Å². The Bertz CT molecular complexity index is 989. The maximum Gasteiger partial charge on any atom is 0.322 e. The largest absolute Gasteiger partial charge is 0.480 e. The highest BCUT2D eigenvalue weighted by atomic mass is 31.1. The molecule has 0 saturated carbocycles. The standard InChI is InChI=1S/C25H35FNO5P/c1-17(2)14-15-25(22(28)29,33(31)32-6)24(30,16-18-10-12-19(26)13-11-18)21-9-7-8-20(27-21)23(3,4)5/h7-13,17,30,33H,14-16H2,1-6H3,(H,28,29). The topological polar surface area (TPSA) is 96.7 Å². The van der Waals surface area contributed by atoms with E-state index in [2.05, 4.69) is 4.98 Å². The second kappa shape index (κ2) is 10.5. The third-order valence-electron chi connectivity index (χ3n) is 6.02. The number of hydrogen-bond acceptors (Lipinski definition) is 5. The third kappa shape index (κ3) is 5.71. The van der Waals surface area contributed by atoms with Gasteiger partial charge in [0.25, 0.3) is 0 Å². The number of aromatic nitrogens is 1. The first-order valence-corrected chi connectivity index (χ1v) is 12.4. The van der Waals surface area contributed by atoms with Crippen LogP contribution in [0, 0.1) is 11.7 Å². The fraction of sp³-hybridized carbons (Fsp3) is 0.520. The Kier molecular flexibility index (Phi) is 8.61. The van der Waals surface area contributed by atoms with Gasteiger partial charge < -0.3 is 14.7 Å². The van der Waals surface area contributed by atoms with Gasteiger partial charge in [-0.2, -0.15) is 0 Å². The van der Waals surface area contributed by atoms with Gasteiger partial charge in [-0.15, -0.1) is 0 Å². The second-order valence-electron chi connectivity index (χ2n) is 9.96. The minimum atomic E-state index is -3.31. The lowest BCUT2D eigenvalue weighted by Gasteiger charge is -2.43. The predicted octanol–water partition coefficient (Wildman–Crippen LogP) is 5.33. The van der Waals surface area contributed by atoms with Gasteiger partial charge in [0.15, 0.2) is 5.16 Å². The highest BCUT2D eigenvalue weighted by Gasteiger charge is 2.62. The maximum absolute atomic E-state index is 13.5. The molecule has 0 aliphatic heterocycles. The van der Waals surface area contributed by atoms with E-state index in [1.807, 2.05) is 34.6 Å². The Morgan fingerprint density at radius 1 is 1.12 bits per heavy atom. The van der Waals surface area contributed by atoms with E-state index in [4.69, 9.17) is 4.52 Å². The van der Waals surface area contributed by atoms with Crippen LogP contribution < -0.4 is 0 Å². The average Bonchev–Trinajstić information content (AvgIpc) is 2.74. The summed E-state index contributed by atoms with van der Waals surface area (Å²) in [6.07, 6.45) is 0.0968. The first-order chi connectivity index (χ1) is 15.3. The van der Waals surface area contributed by atoms with Crippen molar-refractivity contribution in [2.75, 3.05) is 7.11 Å². The lowest BCUT2D eigenvalue weighted by molar-refractivity contribution is -0.151. The molecule has 2 rings (SSSR count). The van der Waals surface area contributed by atoms with Crippen molar-refractivity contribution in [1.82, 2.24) is 4.98 Å². The van der Waals surface area contributed by atoms with Crippen LogP contribution in [0.3, 0.4) is 0 Å². The van der Waals surface area contributed by atoms with Crippen molar-refractivity contribution in [3.63, 3.8) is 0 Å². The SMILES string of the molecule is CO[PH](=O)C(CCC(C)C)(C(=O)O)C(O)(Cc1ccc(F)cc1)c1cccc(C(C)(C)C)n1. The van der Waals surface area contributed by atoms with Crippen molar-refractivity contribution in [3.05, 3.63) is 65.2 Å². The molecular weight excluding hydrogens is 444 g/mol. The zero-order valence-electron chi connectivity index (χ0n) is 20.2. The van der Waals surface area contributed by atoms with Crippen molar-refractivity contribution in [2.24, 2.45) is 5.92 Å². The second-order valence-corrected chi connectivity index (χ2v) is 11.8. The molecule has 182 valence electrons. The van der Waals surface area contributed by atoms with Gasteiger partial charge in [-0.1, -0.05) is 52.8 Å².